The zero-order valence-corrected chi connectivity index (χ0v) is 13.3. The van der Waals surface area contributed by atoms with Crippen molar-refractivity contribution in [1.29, 1.82) is 0 Å². The molecule has 1 aliphatic rings. The van der Waals surface area contributed by atoms with Gasteiger partial charge in [0.2, 0.25) is 0 Å². The summed E-state index contributed by atoms with van der Waals surface area (Å²) in [6.07, 6.45) is 0. The Morgan fingerprint density at radius 2 is 1.90 bits per heavy atom. The summed E-state index contributed by atoms with van der Waals surface area (Å²) in [4.78, 5) is 6.35. The minimum atomic E-state index is 0.887. The van der Waals surface area contributed by atoms with Crippen LogP contribution >= 0.6 is 22.9 Å². The van der Waals surface area contributed by atoms with E-state index in [2.05, 4.69) is 47.1 Å². The summed E-state index contributed by atoms with van der Waals surface area (Å²) in [5.41, 5.74) is 2.68. The number of aryl methyl sites for hydroxylation is 1. The molecule has 0 bridgehead atoms. The van der Waals surface area contributed by atoms with Crippen molar-refractivity contribution in [2.45, 2.75) is 13.5 Å². The number of hydrogen-bond donors (Lipinski definition) is 0. The molecule has 20 heavy (non-hydrogen) atoms. The van der Waals surface area contributed by atoms with Gasteiger partial charge in [-0.25, -0.2) is 0 Å². The van der Waals surface area contributed by atoms with E-state index >= 15 is 0 Å². The fourth-order valence-electron chi connectivity index (χ4n) is 2.65. The first-order valence-corrected chi connectivity index (χ1v) is 8.18. The van der Waals surface area contributed by atoms with Crippen molar-refractivity contribution in [2.75, 3.05) is 31.1 Å². The molecule has 1 aliphatic heterocycles. The number of nitrogens with zero attached hydrogens (tertiary/aromatic N) is 2. The first kappa shape index (κ1) is 13.9. The van der Waals surface area contributed by atoms with Crippen LogP contribution in [0, 0.1) is 6.92 Å². The summed E-state index contributed by atoms with van der Waals surface area (Å²) in [7, 11) is 0. The molecule has 1 saturated heterocycles. The van der Waals surface area contributed by atoms with Crippen LogP contribution < -0.4 is 4.90 Å². The fraction of sp³-hybridized carbons (Fsp3) is 0.375. The molecular formula is C16H19ClN2S. The Bertz CT molecular complexity index is 573. The third-order valence-corrected chi connectivity index (χ3v) is 4.96. The minimum Gasteiger partial charge on any atom is -0.369 e. The zero-order chi connectivity index (χ0) is 13.9. The van der Waals surface area contributed by atoms with Gasteiger partial charge in [0.25, 0.3) is 0 Å². The van der Waals surface area contributed by atoms with Crippen LogP contribution in [0.4, 0.5) is 5.69 Å². The van der Waals surface area contributed by atoms with Gasteiger partial charge in [-0.15, -0.1) is 11.3 Å². The van der Waals surface area contributed by atoms with Gasteiger partial charge in [0, 0.05) is 43.3 Å². The molecule has 4 heteroatoms. The molecule has 0 saturated carbocycles. The van der Waals surface area contributed by atoms with Gasteiger partial charge in [0.1, 0.15) is 0 Å². The highest BCUT2D eigenvalue weighted by atomic mass is 35.5. The van der Waals surface area contributed by atoms with Crippen molar-refractivity contribution in [3.63, 3.8) is 0 Å². The molecule has 1 aromatic carbocycles. The number of piperazine rings is 1. The molecule has 0 spiro atoms. The summed E-state index contributed by atoms with van der Waals surface area (Å²) >= 11 is 7.68. The summed E-state index contributed by atoms with van der Waals surface area (Å²) in [6, 6.07) is 12.9. The highest BCUT2D eigenvalue weighted by Crippen LogP contribution is 2.24. The Hall–Kier alpha value is -1.03. The quantitative estimate of drug-likeness (QED) is 0.844. The smallest absolute Gasteiger partial charge is 0.0931 e. The molecule has 0 amide bonds. The van der Waals surface area contributed by atoms with E-state index in [9.17, 15) is 0 Å². The molecule has 0 unspecified atom stereocenters. The molecule has 1 aromatic heterocycles. The number of anilines is 1. The van der Waals surface area contributed by atoms with Crippen LogP contribution in [0.1, 0.15) is 10.4 Å². The summed E-state index contributed by atoms with van der Waals surface area (Å²) in [5.74, 6) is 0. The Morgan fingerprint density at radius 3 is 2.55 bits per heavy atom. The van der Waals surface area contributed by atoms with E-state index in [1.165, 1.54) is 16.1 Å². The van der Waals surface area contributed by atoms with E-state index in [1.54, 1.807) is 11.3 Å². The predicted molar refractivity (Wildman–Crippen MR) is 88.0 cm³/mol. The van der Waals surface area contributed by atoms with Gasteiger partial charge < -0.3 is 4.90 Å². The number of thiophene rings is 1. The molecule has 0 N–H and O–H groups in total. The maximum absolute atomic E-state index is 5.99. The zero-order valence-electron chi connectivity index (χ0n) is 11.7. The Labute approximate surface area is 129 Å². The standard InChI is InChI=1S/C16H19ClN2S/c1-13-3-2-4-14(11-13)19-9-7-18(8-10-19)12-15-5-6-16(17)20-15/h2-6,11H,7-10,12H2,1H3. The van der Waals surface area contributed by atoms with Gasteiger partial charge in [-0.2, -0.15) is 0 Å². The summed E-state index contributed by atoms with van der Waals surface area (Å²) < 4.78 is 0.887. The lowest BCUT2D eigenvalue weighted by atomic mass is 10.2. The van der Waals surface area contributed by atoms with E-state index in [1.807, 2.05) is 6.07 Å². The normalized spacial score (nSPS) is 16.6. The Morgan fingerprint density at radius 1 is 1.10 bits per heavy atom. The van der Waals surface area contributed by atoms with Gasteiger partial charge >= 0.3 is 0 Å². The second-order valence-electron chi connectivity index (χ2n) is 5.31. The maximum atomic E-state index is 5.99. The van der Waals surface area contributed by atoms with Gasteiger partial charge in [0.05, 0.1) is 4.34 Å². The topological polar surface area (TPSA) is 6.48 Å². The number of rotatable bonds is 3. The number of benzene rings is 1. The fourth-order valence-corrected chi connectivity index (χ4v) is 3.78. The SMILES string of the molecule is Cc1cccc(N2CCN(Cc3ccc(Cl)s3)CC2)c1. The second-order valence-corrected chi connectivity index (χ2v) is 7.11. The van der Waals surface area contributed by atoms with E-state index in [0.717, 1.165) is 37.1 Å². The Kier molecular flexibility index (Phi) is 4.29. The van der Waals surface area contributed by atoms with Gasteiger partial charge in [0.15, 0.2) is 0 Å². The van der Waals surface area contributed by atoms with Crippen LogP contribution in [0.15, 0.2) is 36.4 Å². The van der Waals surface area contributed by atoms with Crippen LogP contribution in [-0.4, -0.2) is 31.1 Å². The first-order valence-electron chi connectivity index (χ1n) is 6.99. The molecule has 1 fully saturated rings. The van der Waals surface area contributed by atoms with Crippen molar-refractivity contribution >= 4 is 28.6 Å². The predicted octanol–water partition coefficient (Wildman–Crippen LogP) is 4.03. The van der Waals surface area contributed by atoms with Crippen molar-refractivity contribution in [3.05, 3.63) is 51.2 Å². The molecule has 3 rings (SSSR count). The van der Waals surface area contributed by atoms with Gasteiger partial charge in [-0.05, 0) is 36.8 Å². The van der Waals surface area contributed by atoms with Crippen molar-refractivity contribution in [1.82, 2.24) is 4.90 Å². The molecule has 106 valence electrons. The lowest BCUT2D eigenvalue weighted by molar-refractivity contribution is 0.252. The number of hydrogen-bond acceptors (Lipinski definition) is 3. The highest BCUT2D eigenvalue weighted by molar-refractivity contribution is 7.16. The average Bonchev–Trinajstić information content (AvgIpc) is 2.85. The second kappa shape index (κ2) is 6.17. The van der Waals surface area contributed by atoms with E-state index in [0.29, 0.717) is 0 Å². The van der Waals surface area contributed by atoms with E-state index in [4.69, 9.17) is 11.6 Å². The van der Waals surface area contributed by atoms with Gasteiger partial charge in [-0.3, -0.25) is 4.90 Å². The summed E-state index contributed by atoms with van der Waals surface area (Å²) in [5, 5.41) is 0. The maximum Gasteiger partial charge on any atom is 0.0931 e. The molecule has 0 aliphatic carbocycles. The van der Waals surface area contributed by atoms with Crippen LogP contribution in [0.3, 0.4) is 0 Å². The molecule has 2 heterocycles. The molecular weight excluding hydrogens is 288 g/mol. The highest BCUT2D eigenvalue weighted by Gasteiger charge is 2.17. The number of halogens is 1. The third kappa shape index (κ3) is 3.35. The Balaban J connectivity index is 1.57. The van der Waals surface area contributed by atoms with E-state index in [-0.39, 0.29) is 0 Å². The van der Waals surface area contributed by atoms with E-state index < -0.39 is 0 Å². The summed E-state index contributed by atoms with van der Waals surface area (Å²) in [6.45, 7) is 7.61. The molecule has 0 radical (unpaired) electrons. The van der Waals surface area contributed by atoms with Crippen LogP contribution in [0.25, 0.3) is 0 Å². The van der Waals surface area contributed by atoms with Crippen LogP contribution in [0.5, 0.6) is 0 Å². The van der Waals surface area contributed by atoms with Crippen molar-refractivity contribution < 1.29 is 0 Å². The largest absolute Gasteiger partial charge is 0.369 e. The van der Waals surface area contributed by atoms with Crippen LogP contribution in [-0.2, 0) is 6.54 Å². The molecule has 2 nitrogen and oxygen atoms in total. The monoisotopic (exact) mass is 306 g/mol. The van der Waals surface area contributed by atoms with Crippen molar-refractivity contribution in [2.24, 2.45) is 0 Å². The molecule has 0 atom stereocenters. The third-order valence-electron chi connectivity index (χ3n) is 3.75. The van der Waals surface area contributed by atoms with Gasteiger partial charge in [-0.1, -0.05) is 23.7 Å². The molecule has 2 aromatic rings. The lowest BCUT2D eigenvalue weighted by Gasteiger charge is -2.36. The minimum absolute atomic E-state index is 0.887. The first-order chi connectivity index (χ1) is 9.70. The average molecular weight is 307 g/mol. The van der Waals surface area contributed by atoms with Crippen molar-refractivity contribution in [3.8, 4) is 0 Å². The van der Waals surface area contributed by atoms with Crippen LogP contribution in [0.2, 0.25) is 4.34 Å². The lowest BCUT2D eigenvalue weighted by Crippen LogP contribution is -2.45.